The van der Waals surface area contributed by atoms with Crippen LogP contribution in [0.25, 0.3) is 0 Å². The van der Waals surface area contributed by atoms with Crippen LogP contribution in [0.3, 0.4) is 0 Å². The molecule has 0 unspecified atom stereocenters. The van der Waals surface area contributed by atoms with Crippen LogP contribution in [-0.2, 0) is 52.3 Å². The van der Waals surface area contributed by atoms with Gasteiger partial charge in [-0.15, -0.1) is 0 Å². The molecular formula is C43H48Cl3NO15. The van der Waals surface area contributed by atoms with Crippen LogP contribution in [0.5, 0.6) is 0 Å². The summed E-state index contributed by atoms with van der Waals surface area (Å²) in [7, 11) is 0. The van der Waals surface area contributed by atoms with E-state index in [0.717, 1.165) is 13.8 Å². The lowest BCUT2D eigenvalue weighted by Crippen LogP contribution is -2.82. The molecule has 2 aromatic carbocycles. The van der Waals surface area contributed by atoms with E-state index in [9.17, 15) is 34.2 Å². The topological polar surface area (TPSA) is 234 Å². The molecule has 0 amide bonds. The molecule has 2 aromatic rings. The van der Waals surface area contributed by atoms with Crippen molar-refractivity contribution in [3.05, 3.63) is 82.9 Å². The van der Waals surface area contributed by atoms with Crippen LogP contribution in [0.2, 0.25) is 0 Å². The molecule has 4 N–H and O–H groups in total. The van der Waals surface area contributed by atoms with Gasteiger partial charge in [-0.05, 0) is 42.7 Å². The SMILES string of the molecule is CC(=O)O[C@H]1C(=O)[C@]2(C)[C@@H](OC(=O)OCC(Cl)(Cl)Cl)C[C@H]3OC[C@@]3(OC(C)=O)[C@H]2[C@H](OC(=O)c2ccccc2)[C@]2(O)C[C@H](OC(=O)[C@@H](O)[C@H](N)c3ccccc3)C(C)=C1C2(C)C. The maximum absolute atomic E-state index is 15.9. The standard InChI is InChI=1S/C43H48Cl3NO15/c1-21-26(59-37(53)31(50)30(47)24-13-9-7-10-14-24)18-42(55)35(61-36(52)25-15-11-8-12-16-25)33-40(6,34(51)32(58-22(2)48)29(21)39(42,4)5)27(60-38(54)57-20-43(44,45)46)17-28-41(33,19-56-28)62-23(3)49/h7-16,26-28,30-33,35,50,55H,17-20,47H2,1-6H3/t26-,27-,28+,30+,31-,32+,33-,35-,40+,41-,42+/m0/s1. The summed E-state index contributed by atoms with van der Waals surface area (Å²) in [5.41, 5.74) is -1.49. The Morgan fingerprint density at radius 3 is 2.08 bits per heavy atom. The van der Waals surface area contributed by atoms with Crippen molar-refractivity contribution >= 4 is 70.6 Å². The highest BCUT2D eigenvalue weighted by Crippen LogP contribution is 2.65. The average Bonchev–Trinajstić information content (AvgIpc) is 3.20. The van der Waals surface area contributed by atoms with Gasteiger partial charge in [-0.2, -0.15) is 0 Å². The first-order valence-electron chi connectivity index (χ1n) is 19.7. The van der Waals surface area contributed by atoms with E-state index >= 15 is 4.79 Å². The number of ketones is 1. The number of rotatable bonds is 10. The number of Topliss-reactive ketones (excluding diaryl/α,β-unsaturated/α-hetero) is 1. The quantitative estimate of drug-likeness (QED) is 0.126. The first-order valence-corrected chi connectivity index (χ1v) is 20.8. The summed E-state index contributed by atoms with van der Waals surface area (Å²) in [6, 6.07) is 14.7. The van der Waals surface area contributed by atoms with Crippen LogP contribution in [0.4, 0.5) is 4.79 Å². The van der Waals surface area contributed by atoms with E-state index in [1.807, 2.05) is 0 Å². The van der Waals surface area contributed by atoms with Gasteiger partial charge >= 0.3 is 30.0 Å². The Morgan fingerprint density at radius 1 is 0.919 bits per heavy atom. The van der Waals surface area contributed by atoms with Crippen LogP contribution in [0, 0.1) is 16.7 Å². The molecule has 3 fully saturated rings. The van der Waals surface area contributed by atoms with Crippen molar-refractivity contribution in [2.45, 2.75) is 112 Å². The summed E-state index contributed by atoms with van der Waals surface area (Å²) in [4.78, 5) is 83.7. The summed E-state index contributed by atoms with van der Waals surface area (Å²) in [5, 5.41) is 24.9. The molecule has 6 rings (SSSR count). The van der Waals surface area contributed by atoms with E-state index in [2.05, 4.69) is 0 Å². The molecule has 336 valence electrons. The molecule has 2 bridgehead atoms. The average molecular weight is 925 g/mol. The number of fused-ring (bicyclic) bond motifs is 5. The molecule has 11 atom stereocenters. The second-order valence-corrected chi connectivity index (χ2v) is 19.3. The fraction of sp³-hybridized carbons (Fsp3) is 0.535. The van der Waals surface area contributed by atoms with E-state index in [0.29, 0.717) is 5.56 Å². The van der Waals surface area contributed by atoms with Crippen LogP contribution in [-0.4, -0.2) is 111 Å². The number of esters is 4. The van der Waals surface area contributed by atoms with E-state index < -0.39 is 130 Å². The third-order valence-corrected chi connectivity index (χ3v) is 13.1. The van der Waals surface area contributed by atoms with Gasteiger partial charge in [-0.1, -0.05) is 97.2 Å². The summed E-state index contributed by atoms with van der Waals surface area (Å²) < 4.78 is 39.2. The molecule has 1 heterocycles. The van der Waals surface area contributed by atoms with Crippen molar-refractivity contribution in [1.29, 1.82) is 0 Å². The summed E-state index contributed by atoms with van der Waals surface area (Å²) in [5.74, 6) is -6.62. The third kappa shape index (κ3) is 8.42. The minimum Gasteiger partial charge on any atom is -0.456 e. The maximum Gasteiger partial charge on any atom is 0.508 e. The zero-order valence-electron chi connectivity index (χ0n) is 34.6. The highest BCUT2D eigenvalue weighted by Gasteiger charge is 2.79. The summed E-state index contributed by atoms with van der Waals surface area (Å²) >= 11 is 17.5. The summed E-state index contributed by atoms with van der Waals surface area (Å²) in [6.07, 6.45) is -12.3. The lowest BCUT2D eigenvalue weighted by atomic mass is 9.44. The zero-order valence-corrected chi connectivity index (χ0v) is 36.9. The number of nitrogens with two attached hydrogens (primary N) is 1. The first-order chi connectivity index (χ1) is 28.9. The molecule has 4 aliphatic rings. The van der Waals surface area contributed by atoms with Gasteiger partial charge in [0.2, 0.25) is 3.79 Å². The van der Waals surface area contributed by atoms with Crippen LogP contribution < -0.4 is 5.73 Å². The lowest BCUT2D eigenvalue weighted by molar-refractivity contribution is -0.346. The van der Waals surface area contributed by atoms with Crippen LogP contribution in [0.15, 0.2) is 71.8 Å². The molecule has 16 nitrogen and oxygen atoms in total. The number of alkyl halides is 3. The predicted molar refractivity (Wildman–Crippen MR) is 218 cm³/mol. The van der Waals surface area contributed by atoms with Gasteiger partial charge in [-0.3, -0.25) is 14.4 Å². The maximum atomic E-state index is 15.9. The van der Waals surface area contributed by atoms with Gasteiger partial charge in [0, 0.05) is 32.1 Å². The molecule has 62 heavy (non-hydrogen) atoms. The van der Waals surface area contributed by atoms with Crippen molar-refractivity contribution in [2.24, 2.45) is 22.5 Å². The minimum absolute atomic E-state index is 0.0207. The Kier molecular flexibility index (Phi) is 13.2. The Morgan fingerprint density at radius 2 is 1.53 bits per heavy atom. The summed E-state index contributed by atoms with van der Waals surface area (Å²) in [6.45, 7) is 6.88. The van der Waals surface area contributed by atoms with Crippen molar-refractivity contribution in [3.8, 4) is 0 Å². The number of aliphatic hydroxyl groups is 2. The Hall–Kier alpha value is -4.29. The smallest absolute Gasteiger partial charge is 0.456 e. The van der Waals surface area contributed by atoms with Crippen molar-refractivity contribution in [3.63, 3.8) is 0 Å². The molecule has 0 spiro atoms. The number of hydrogen-bond donors (Lipinski definition) is 3. The normalized spacial score (nSPS) is 32.2. The zero-order chi connectivity index (χ0) is 45.7. The second kappa shape index (κ2) is 17.4. The Labute approximate surface area is 372 Å². The number of halogens is 3. The fourth-order valence-electron chi connectivity index (χ4n) is 9.67. The van der Waals surface area contributed by atoms with Crippen molar-refractivity contribution < 1.29 is 72.1 Å². The third-order valence-electron chi connectivity index (χ3n) is 12.8. The van der Waals surface area contributed by atoms with E-state index in [1.54, 1.807) is 48.5 Å². The van der Waals surface area contributed by atoms with Gasteiger partial charge in [0.05, 0.1) is 29.5 Å². The molecule has 2 saturated carbocycles. The predicted octanol–water partition coefficient (Wildman–Crippen LogP) is 4.80. The molecule has 1 aliphatic heterocycles. The molecule has 1 saturated heterocycles. The van der Waals surface area contributed by atoms with E-state index in [-0.39, 0.29) is 23.1 Å². The molecule has 19 heteroatoms. The van der Waals surface area contributed by atoms with Crippen molar-refractivity contribution in [1.82, 2.24) is 0 Å². The van der Waals surface area contributed by atoms with Gasteiger partial charge < -0.3 is 49.1 Å². The van der Waals surface area contributed by atoms with Gasteiger partial charge in [-0.25, -0.2) is 14.4 Å². The number of benzene rings is 2. The largest absolute Gasteiger partial charge is 0.508 e. The molecule has 3 aliphatic carbocycles. The Balaban J connectivity index is 1.60. The second-order valence-electron chi connectivity index (χ2n) is 16.8. The number of aliphatic hydroxyl groups excluding tert-OH is 1. The van der Waals surface area contributed by atoms with Crippen LogP contribution >= 0.6 is 34.8 Å². The van der Waals surface area contributed by atoms with Crippen molar-refractivity contribution in [2.75, 3.05) is 13.2 Å². The number of ether oxygens (including phenoxy) is 7. The number of carbonyl (C=O) groups is 6. The Bertz CT molecular complexity index is 2130. The first kappa shape index (κ1) is 47.2. The molecule has 0 aromatic heterocycles. The van der Waals surface area contributed by atoms with Crippen LogP contribution in [0.1, 0.15) is 76.3 Å². The van der Waals surface area contributed by atoms with E-state index in [4.69, 9.17) is 73.7 Å². The number of hydrogen-bond acceptors (Lipinski definition) is 16. The minimum atomic E-state index is -2.46. The van der Waals surface area contributed by atoms with Gasteiger partial charge in [0.25, 0.3) is 0 Å². The highest BCUT2D eigenvalue weighted by atomic mass is 35.6. The molecular weight excluding hydrogens is 877 g/mol. The number of carbonyl (C=O) groups excluding carboxylic acids is 6. The fourth-order valence-corrected chi connectivity index (χ4v) is 9.84. The monoisotopic (exact) mass is 923 g/mol. The van der Waals surface area contributed by atoms with E-state index in [1.165, 1.54) is 39.8 Å². The van der Waals surface area contributed by atoms with Gasteiger partial charge in [0.15, 0.2) is 23.6 Å². The van der Waals surface area contributed by atoms with Gasteiger partial charge in [0.1, 0.15) is 36.6 Å². The molecule has 0 radical (unpaired) electrons. The highest BCUT2D eigenvalue weighted by molar-refractivity contribution is 6.67. The lowest BCUT2D eigenvalue weighted by Gasteiger charge is -2.67.